The Morgan fingerprint density at radius 1 is 1.37 bits per heavy atom. The van der Waals surface area contributed by atoms with Gasteiger partial charge in [0.15, 0.2) is 5.78 Å². The predicted molar refractivity (Wildman–Crippen MR) is 75.8 cm³/mol. The number of anilines is 1. The van der Waals surface area contributed by atoms with Crippen LogP contribution in [0.25, 0.3) is 0 Å². The topological polar surface area (TPSA) is 55.4 Å². The number of rotatable bonds is 3. The van der Waals surface area contributed by atoms with Gasteiger partial charge in [0.2, 0.25) is 0 Å². The second-order valence-corrected chi connectivity index (χ2v) is 5.30. The molecule has 4 nitrogen and oxygen atoms in total. The first-order chi connectivity index (χ1) is 8.73. The Labute approximate surface area is 117 Å². The highest BCUT2D eigenvalue weighted by Gasteiger charge is 2.17. The van der Waals surface area contributed by atoms with Gasteiger partial charge in [-0.2, -0.15) is 0 Å². The molecule has 19 heavy (non-hydrogen) atoms. The molecule has 0 heterocycles. The van der Waals surface area contributed by atoms with E-state index in [0.717, 1.165) is 0 Å². The van der Waals surface area contributed by atoms with E-state index >= 15 is 0 Å². The number of ether oxygens (including phenoxy) is 1. The number of allylic oxidation sites excluding steroid dienone is 1. The molecule has 0 unspecified atom stereocenters. The standard InChI is InChI=1S/C14H16ClNO3/c1-5-12(17)9-6-7-11(10(15)8-9)16-13(18)19-14(2,3)4/h5-8H,1H2,2-4H3,(H,16,18). The molecule has 0 bridgehead atoms. The van der Waals surface area contributed by atoms with Crippen molar-refractivity contribution < 1.29 is 14.3 Å². The fraction of sp³-hybridized carbons (Fsp3) is 0.286. The van der Waals surface area contributed by atoms with E-state index in [9.17, 15) is 9.59 Å². The van der Waals surface area contributed by atoms with Gasteiger partial charge in [0.25, 0.3) is 0 Å². The van der Waals surface area contributed by atoms with Gasteiger partial charge in [-0.15, -0.1) is 0 Å². The minimum Gasteiger partial charge on any atom is -0.444 e. The lowest BCUT2D eigenvalue weighted by molar-refractivity contribution is 0.0636. The number of nitrogens with one attached hydrogen (secondary N) is 1. The van der Waals surface area contributed by atoms with Crippen LogP contribution in [0.3, 0.4) is 0 Å². The normalized spacial score (nSPS) is 10.7. The van der Waals surface area contributed by atoms with Gasteiger partial charge in [-0.05, 0) is 45.0 Å². The van der Waals surface area contributed by atoms with E-state index < -0.39 is 11.7 Å². The van der Waals surface area contributed by atoms with E-state index in [1.165, 1.54) is 12.1 Å². The van der Waals surface area contributed by atoms with Gasteiger partial charge in [-0.3, -0.25) is 10.1 Å². The van der Waals surface area contributed by atoms with Crippen LogP contribution < -0.4 is 5.32 Å². The maximum absolute atomic E-state index is 11.6. The monoisotopic (exact) mass is 281 g/mol. The van der Waals surface area contributed by atoms with Crippen molar-refractivity contribution in [2.45, 2.75) is 26.4 Å². The number of hydrogen-bond donors (Lipinski definition) is 1. The van der Waals surface area contributed by atoms with Crippen molar-refractivity contribution in [3.8, 4) is 0 Å². The average Bonchev–Trinajstić information content (AvgIpc) is 2.28. The minimum absolute atomic E-state index is 0.231. The van der Waals surface area contributed by atoms with E-state index in [0.29, 0.717) is 11.3 Å². The third-order valence-electron chi connectivity index (χ3n) is 2.07. The average molecular weight is 282 g/mol. The molecule has 0 fully saturated rings. The maximum Gasteiger partial charge on any atom is 0.412 e. The summed E-state index contributed by atoms with van der Waals surface area (Å²) in [5.41, 5.74) is 0.209. The maximum atomic E-state index is 11.6. The van der Waals surface area contributed by atoms with E-state index in [2.05, 4.69) is 11.9 Å². The van der Waals surface area contributed by atoms with Crippen molar-refractivity contribution in [3.63, 3.8) is 0 Å². The van der Waals surface area contributed by atoms with E-state index in [1.807, 2.05) is 0 Å². The molecule has 5 heteroatoms. The Morgan fingerprint density at radius 3 is 2.47 bits per heavy atom. The van der Waals surface area contributed by atoms with Crippen LogP contribution in [0, 0.1) is 0 Å². The van der Waals surface area contributed by atoms with Crippen LogP contribution in [-0.4, -0.2) is 17.5 Å². The Balaban J connectivity index is 2.83. The number of halogens is 1. The number of benzene rings is 1. The summed E-state index contributed by atoms with van der Waals surface area (Å²) >= 11 is 5.99. The lowest BCUT2D eigenvalue weighted by Gasteiger charge is -2.20. The van der Waals surface area contributed by atoms with Crippen LogP contribution in [0.1, 0.15) is 31.1 Å². The molecule has 0 radical (unpaired) electrons. The van der Waals surface area contributed by atoms with E-state index in [-0.39, 0.29) is 10.8 Å². The van der Waals surface area contributed by atoms with Gasteiger partial charge in [0.1, 0.15) is 5.60 Å². The minimum atomic E-state index is -0.600. The molecule has 0 saturated carbocycles. The molecule has 0 aliphatic heterocycles. The Bertz CT molecular complexity index is 518. The number of carbonyl (C=O) groups excluding carboxylic acids is 2. The highest BCUT2D eigenvalue weighted by atomic mass is 35.5. The van der Waals surface area contributed by atoms with Gasteiger partial charge >= 0.3 is 6.09 Å². The van der Waals surface area contributed by atoms with Gasteiger partial charge in [-0.1, -0.05) is 18.2 Å². The molecule has 1 aromatic carbocycles. The van der Waals surface area contributed by atoms with Crippen LogP contribution in [0.5, 0.6) is 0 Å². The molecule has 0 aromatic heterocycles. The summed E-state index contributed by atoms with van der Waals surface area (Å²) in [4.78, 5) is 23.0. The van der Waals surface area contributed by atoms with Crippen LogP contribution in [0.2, 0.25) is 5.02 Å². The summed E-state index contributed by atoms with van der Waals surface area (Å²) < 4.78 is 5.10. The number of carbonyl (C=O) groups is 2. The second-order valence-electron chi connectivity index (χ2n) is 4.89. The Morgan fingerprint density at radius 2 is 2.00 bits per heavy atom. The largest absolute Gasteiger partial charge is 0.444 e. The zero-order valence-electron chi connectivity index (χ0n) is 11.1. The molecule has 0 aliphatic carbocycles. The van der Waals surface area contributed by atoms with Gasteiger partial charge in [0.05, 0.1) is 10.7 Å². The summed E-state index contributed by atoms with van der Waals surface area (Å²) in [6.07, 6.45) is 0.601. The highest BCUT2D eigenvalue weighted by molar-refractivity contribution is 6.34. The predicted octanol–water partition coefficient (Wildman–Crippen LogP) is 4.06. The molecule has 0 saturated heterocycles. The lowest BCUT2D eigenvalue weighted by Crippen LogP contribution is -2.27. The van der Waals surface area contributed by atoms with Crippen molar-refractivity contribution in [3.05, 3.63) is 41.4 Å². The van der Waals surface area contributed by atoms with Crippen LogP contribution in [0.4, 0.5) is 10.5 Å². The third kappa shape index (κ3) is 4.75. The molecule has 1 amide bonds. The van der Waals surface area contributed by atoms with Crippen molar-refractivity contribution >= 4 is 29.2 Å². The van der Waals surface area contributed by atoms with Crippen LogP contribution in [0.15, 0.2) is 30.9 Å². The molecule has 1 N–H and O–H groups in total. The fourth-order valence-corrected chi connectivity index (χ4v) is 1.53. The first-order valence-electron chi connectivity index (χ1n) is 5.69. The summed E-state index contributed by atoms with van der Waals surface area (Å²) in [6, 6.07) is 4.57. The first kappa shape index (κ1) is 15.2. The zero-order valence-corrected chi connectivity index (χ0v) is 11.9. The van der Waals surface area contributed by atoms with Crippen molar-refractivity contribution in [1.29, 1.82) is 0 Å². The molecular formula is C14H16ClNO3. The second kappa shape index (κ2) is 5.89. The summed E-state index contributed by atoms with van der Waals surface area (Å²) in [5.74, 6) is -0.231. The molecule has 1 rings (SSSR count). The molecule has 1 aromatic rings. The van der Waals surface area contributed by atoms with Gasteiger partial charge < -0.3 is 4.74 Å². The van der Waals surface area contributed by atoms with Crippen molar-refractivity contribution in [2.75, 3.05) is 5.32 Å². The SMILES string of the molecule is C=CC(=O)c1ccc(NC(=O)OC(C)(C)C)c(Cl)c1. The van der Waals surface area contributed by atoms with Crippen molar-refractivity contribution in [2.24, 2.45) is 0 Å². The lowest BCUT2D eigenvalue weighted by atomic mass is 10.1. The summed E-state index contributed by atoms with van der Waals surface area (Å²) in [7, 11) is 0. The highest BCUT2D eigenvalue weighted by Crippen LogP contribution is 2.24. The van der Waals surface area contributed by atoms with Gasteiger partial charge in [0, 0.05) is 5.56 Å². The van der Waals surface area contributed by atoms with Gasteiger partial charge in [-0.25, -0.2) is 4.79 Å². The Hall–Kier alpha value is -1.81. The molecule has 0 aliphatic rings. The fourth-order valence-electron chi connectivity index (χ4n) is 1.30. The quantitative estimate of drug-likeness (QED) is 0.671. The van der Waals surface area contributed by atoms with E-state index in [4.69, 9.17) is 16.3 Å². The number of hydrogen-bond acceptors (Lipinski definition) is 3. The van der Waals surface area contributed by atoms with E-state index in [1.54, 1.807) is 32.9 Å². The number of ketones is 1. The zero-order chi connectivity index (χ0) is 14.6. The molecule has 0 spiro atoms. The molecule has 102 valence electrons. The summed E-state index contributed by atoms with van der Waals surface area (Å²) in [6.45, 7) is 8.69. The first-order valence-corrected chi connectivity index (χ1v) is 6.07. The summed E-state index contributed by atoms with van der Waals surface area (Å²) in [5, 5.41) is 2.78. The molecular weight excluding hydrogens is 266 g/mol. The van der Waals surface area contributed by atoms with Crippen LogP contribution >= 0.6 is 11.6 Å². The van der Waals surface area contributed by atoms with Crippen LogP contribution in [-0.2, 0) is 4.74 Å². The number of amides is 1. The third-order valence-corrected chi connectivity index (χ3v) is 2.39. The molecule has 0 atom stereocenters. The van der Waals surface area contributed by atoms with Crippen molar-refractivity contribution in [1.82, 2.24) is 0 Å². The Kier molecular flexibility index (Phi) is 4.72. The smallest absolute Gasteiger partial charge is 0.412 e.